The van der Waals surface area contributed by atoms with E-state index in [4.69, 9.17) is 28.9 Å². The van der Waals surface area contributed by atoms with Crippen molar-refractivity contribution in [1.82, 2.24) is 9.97 Å². The van der Waals surface area contributed by atoms with Crippen LogP contribution in [0.4, 0.5) is 30.5 Å². The van der Waals surface area contributed by atoms with Crippen LogP contribution in [-0.4, -0.2) is 9.97 Å². The fourth-order valence-electron chi connectivity index (χ4n) is 1.46. The Morgan fingerprint density at radius 2 is 1.85 bits per heavy atom. The molecular weight excluding hydrogens is 316 g/mol. The molecule has 1 heterocycles. The fourth-order valence-corrected chi connectivity index (χ4v) is 1.78. The van der Waals surface area contributed by atoms with Gasteiger partial charge < -0.3 is 11.1 Å². The number of halogens is 5. The Bertz CT molecular complexity index is 646. The highest BCUT2D eigenvalue weighted by molar-refractivity contribution is 6.35. The minimum atomic E-state index is -4.57. The molecule has 1 aromatic carbocycles. The van der Waals surface area contributed by atoms with Gasteiger partial charge in [-0.25, -0.2) is 9.97 Å². The molecule has 3 N–H and O–H groups in total. The number of alkyl halides is 3. The average Bonchev–Trinajstić information content (AvgIpc) is 2.36. The maximum atomic E-state index is 12.9. The zero-order valence-corrected chi connectivity index (χ0v) is 11.2. The summed E-state index contributed by atoms with van der Waals surface area (Å²) in [6, 6.07) is 3.31. The normalized spacial score (nSPS) is 11.4. The first-order chi connectivity index (χ1) is 9.29. The smallest absolute Gasteiger partial charge is 0.382 e. The summed E-state index contributed by atoms with van der Waals surface area (Å²) in [5, 5.41) is 2.38. The minimum Gasteiger partial charge on any atom is -0.382 e. The summed E-state index contributed by atoms with van der Waals surface area (Å²) in [6.45, 7) is 0. The van der Waals surface area contributed by atoms with Gasteiger partial charge in [-0.3, -0.25) is 0 Å². The standard InChI is InChI=1S/C11H7Cl2F3N4/c12-5-1-2-7(6(3-5)11(14,15)16)20-10-8(13)9(17)18-4-19-10/h1-4H,(H3,17,18,19,20). The topological polar surface area (TPSA) is 63.8 Å². The van der Waals surface area contributed by atoms with E-state index in [1.807, 2.05) is 0 Å². The van der Waals surface area contributed by atoms with Gasteiger partial charge in [-0.05, 0) is 18.2 Å². The van der Waals surface area contributed by atoms with Crippen LogP contribution in [0.2, 0.25) is 10.0 Å². The third kappa shape index (κ3) is 3.05. The molecule has 0 fully saturated rings. The van der Waals surface area contributed by atoms with Gasteiger partial charge in [0, 0.05) is 5.02 Å². The molecule has 0 aliphatic rings. The van der Waals surface area contributed by atoms with Gasteiger partial charge in [0.15, 0.2) is 5.82 Å². The lowest BCUT2D eigenvalue weighted by molar-refractivity contribution is -0.136. The van der Waals surface area contributed by atoms with Crippen LogP contribution in [0.1, 0.15) is 5.56 Å². The molecule has 0 aliphatic carbocycles. The van der Waals surface area contributed by atoms with Gasteiger partial charge in [-0.15, -0.1) is 0 Å². The molecule has 0 saturated heterocycles. The lowest BCUT2D eigenvalue weighted by Gasteiger charge is -2.15. The third-order valence-electron chi connectivity index (χ3n) is 2.36. The van der Waals surface area contributed by atoms with Crippen LogP contribution in [0, 0.1) is 0 Å². The molecule has 0 saturated carbocycles. The first kappa shape index (κ1) is 14.7. The van der Waals surface area contributed by atoms with Crippen molar-refractivity contribution in [2.45, 2.75) is 6.18 Å². The Morgan fingerprint density at radius 1 is 1.15 bits per heavy atom. The van der Waals surface area contributed by atoms with Gasteiger partial charge in [0.2, 0.25) is 0 Å². The maximum Gasteiger partial charge on any atom is 0.418 e. The van der Waals surface area contributed by atoms with Crippen LogP contribution >= 0.6 is 23.2 Å². The van der Waals surface area contributed by atoms with Crippen LogP contribution in [0.15, 0.2) is 24.5 Å². The minimum absolute atomic E-state index is 0.0213. The predicted molar refractivity (Wildman–Crippen MR) is 71.2 cm³/mol. The van der Waals surface area contributed by atoms with Gasteiger partial charge >= 0.3 is 6.18 Å². The van der Waals surface area contributed by atoms with Gasteiger partial charge in [0.1, 0.15) is 17.2 Å². The number of benzene rings is 1. The summed E-state index contributed by atoms with van der Waals surface area (Å²) in [7, 11) is 0. The highest BCUT2D eigenvalue weighted by Crippen LogP contribution is 2.38. The van der Waals surface area contributed by atoms with E-state index < -0.39 is 11.7 Å². The van der Waals surface area contributed by atoms with E-state index in [-0.39, 0.29) is 27.4 Å². The quantitative estimate of drug-likeness (QED) is 0.872. The van der Waals surface area contributed by atoms with E-state index in [0.29, 0.717) is 0 Å². The molecule has 0 unspecified atom stereocenters. The zero-order chi connectivity index (χ0) is 14.9. The molecule has 0 atom stereocenters. The number of hydrogen-bond donors (Lipinski definition) is 2. The van der Waals surface area contributed by atoms with Gasteiger partial charge in [-0.2, -0.15) is 13.2 Å². The summed E-state index contributed by atoms with van der Waals surface area (Å²) in [5.41, 5.74) is 4.29. The van der Waals surface area contributed by atoms with Crippen molar-refractivity contribution in [1.29, 1.82) is 0 Å². The molecule has 0 aliphatic heterocycles. The summed E-state index contributed by atoms with van der Waals surface area (Å²) in [4.78, 5) is 7.36. The molecule has 1 aromatic heterocycles. The van der Waals surface area contributed by atoms with Gasteiger partial charge in [0.05, 0.1) is 11.3 Å². The van der Waals surface area contributed by atoms with Crippen LogP contribution < -0.4 is 11.1 Å². The molecule has 0 amide bonds. The number of nitrogens with two attached hydrogens (primary N) is 1. The number of hydrogen-bond acceptors (Lipinski definition) is 4. The number of aromatic nitrogens is 2. The lowest BCUT2D eigenvalue weighted by Crippen LogP contribution is -2.09. The summed E-state index contributed by atoms with van der Waals surface area (Å²) < 4.78 is 38.8. The summed E-state index contributed by atoms with van der Waals surface area (Å²) in [6.07, 6.45) is -3.48. The van der Waals surface area contributed by atoms with Crippen LogP contribution in [0.3, 0.4) is 0 Å². The van der Waals surface area contributed by atoms with Crippen molar-refractivity contribution < 1.29 is 13.2 Å². The second kappa shape index (κ2) is 5.34. The Balaban J connectivity index is 2.46. The summed E-state index contributed by atoms with van der Waals surface area (Å²) in [5.74, 6) is -0.0568. The Morgan fingerprint density at radius 3 is 2.50 bits per heavy atom. The molecule has 2 aromatic rings. The molecule has 20 heavy (non-hydrogen) atoms. The molecule has 9 heteroatoms. The van der Waals surface area contributed by atoms with E-state index in [2.05, 4.69) is 15.3 Å². The molecule has 4 nitrogen and oxygen atoms in total. The monoisotopic (exact) mass is 322 g/mol. The number of nitrogen functional groups attached to an aromatic ring is 1. The van der Waals surface area contributed by atoms with E-state index in [9.17, 15) is 13.2 Å². The number of nitrogens with zero attached hydrogens (tertiary/aromatic N) is 2. The SMILES string of the molecule is Nc1ncnc(Nc2ccc(Cl)cc2C(F)(F)F)c1Cl. The fraction of sp³-hybridized carbons (Fsp3) is 0.0909. The predicted octanol–water partition coefficient (Wildman–Crippen LogP) is 4.13. The van der Waals surface area contributed by atoms with Gasteiger partial charge in [-0.1, -0.05) is 23.2 Å². The first-order valence-electron chi connectivity index (χ1n) is 5.19. The second-order valence-electron chi connectivity index (χ2n) is 3.73. The third-order valence-corrected chi connectivity index (χ3v) is 2.96. The van der Waals surface area contributed by atoms with E-state index in [0.717, 1.165) is 12.4 Å². The van der Waals surface area contributed by atoms with Crippen molar-refractivity contribution in [3.63, 3.8) is 0 Å². The first-order valence-corrected chi connectivity index (χ1v) is 5.94. The number of rotatable bonds is 2. The van der Waals surface area contributed by atoms with Crippen molar-refractivity contribution in [2.75, 3.05) is 11.1 Å². The Labute approximate surface area is 121 Å². The lowest BCUT2D eigenvalue weighted by atomic mass is 10.1. The van der Waals surface area contributed by atoms with Crippen LogP contribution in [-0.2, 0) is 6.18 Å². The van der Waals surface area contributed by atoms with Crippen molar-refractivity contribution in [3.05, 3.63) is 40.1 Å². The van der Waals surface area contributed by atoms with Crippen LogP contribution in [0.25, 0.3) is 0 Å². The number of nitrogens with one attached hydrogen (secondary N) is 1. The Hall–Kier alpha value is -1.73. The van der Waals surface area contributed by atoms with Crippen molar-refractivity contribution in [3.8, 4) is 0 Å². The van der Waals surface area contributed by atoms with Gasteiger partial charge in [0.25, 0.3) is 0 Å². The highest BCUT2D eigenvalue weighted by atomic mass is 35.5. The van der Waals surface area contributed by atoms with E-state index in [1.165, 1.54) is 12.1 Å². The summed E-state index contributed by atoms with van der Waals surface area (Å²) >= 11 is 11.4. The molecule has 2 rings (SSSR count). The average molecular weight is 323 g/mol. The largest absolute Gasteiger partial charge is 0.418 e. The molecule has 0 bridgehead atoms. The molecule has 0 radical (unpaired) electrons. The molecular formula is C11H7Cl2F3N4. The van der Waals surface area contributed by atoms with Crippen LogP contribution in [0.5, 0.6) is 0 Å². The van der Waals surface area contributed by atoms with E-state index in [1.54, 1.807) is 0 Å². The zero-order valence-electron chi connectivity index (χ0n) is 9.67. The second-order valence-corrected chi connectivity index (χ2v) is 4.55. The maximum absolute atomic E-state index is 12.9. The highest BCUT2D eigenvalue weighted by Gasteiger charge is 2.34. The molecule has 0 spiro atoms. The van der Waals surface area contributed by atoms with Crippen molar-refractivity contribution in [2.24, 2.45) is 0 Å². The van der Waals surface area contributed by atoms with Crippen molar-refractivity contribution >= 4 is 40.5 Å². The number of anilines is 3. The van der Waals surface area contributed by atoms with E-state index >= 15 is 0 Å². The Kier molecular flexibility index (Phi) is 3.92. The molecule has 106 valence electrons.